The molecule has 0 aliphatic heterocycles. The molecule has 0 atom stereocenters. The van der Waals surface area contributed by atoms with Crippen LogP contribution in [0, 0.1) is 0 Å². The SMILES string of the molecule is CC(=O)/C(=C(/C)[O-])c1ccccc1.CC(=O)/C(=C(/C)[O-])c1ccccc1.[Ni+2]. The van der Waals surface area contributed by atoms with Crippen molar-refractivity contribution in [3.05, 3.63) is 83.3 Å². The van der Waals surface area contributed by atoms with Gasteiger partial charge in [0.25, 0.3) is 0 Å². The van der Waals surface area contributed by atoms with Crippen LogP contribution in [0.3, 0.4) is 0 Å². The standard InChI is InChI=1S/2C11H12O2.Ni/c2*1-8(12)11(9(2)13)10-6-4-3-5-7-10;/h2*3-7,12H,1-2H3;/q;;+2/p-2/b2*11-8+;. The molecule has 4 nitrogen and oxygen atoms in total. The van der Waals surface area contributed by atoms with Crippen LogP contribution in [0.2, 0.25) is 0 Å². The predicted molar refractivity (Wildman–Crippen MR) is 99.4 cm³/mol. The first-order valence-electron chi connectivity index (χ1n) is 8.14. The van der Waals surface area contributed by atoms with Crippen LogP contribution in [0.1, 0.15) is 38.8 Å². The van der Waals surface area contributed by atoms with Crippen LogP contribution in [0.25, 0.3) is 11.1 Å². The van der Waals surface area contributed by atoms with Crippen molar-refractivity contribution in [2.24, 2.45) is 0 Å². The summed E-state index contributed by atoms with van der Waals surface area (Å²) in [5.74, 6) is -0.727. The van der Waals surface area contributed by atoms with E-state index in [1.165, 1.54) is 27.7 Å². The molecule has 0 fully saturated rings. The van der Waals surface area contributed by atoms with Gasteiger partial charge in [0.15, 0.2) is 11.6 Å². The summed E-state index contributed by atoms with van der Waals surface area (Å²) in [5.41, 5.74) is 1.95. The van der Waals surface area contributed by atoms with Gasteiger partial charge in [-0.05, 0) is 25.0 Å². The van der Waals surface area contributed by atoms with Gasteiger partial charge >= 0.3 is 16.5 Å². The second-order valence-electron chi connectivity index (χ2n) is 5.71. The first-order valence-corrected chi connectivity index (χ1v) is 8.14. The first kappa shape index (κ1) is 24.4. The van der Waals surface area contributed by atoms with E-state index in [0.717, 1.165) is 0 Å². The smallest absolute Gasteiger partial charge is 0.875 e. The fraction of sp³-hybridized carbons (Fsp3) is 0.182. The molecule has 0 bridgehead atoms. The van der Waals surface area contributed by atoms with Gasteiger partial charge in [-0.2, -0.15) is 0 Å². The molecule has 0 unspecified atom stereocenters. The Kier molecular flexibility index (Phi) is 10.7. The zero-order valence-corrected chi connectivity index (χ0v) is 16.7. The minimum atomic E-state index is -0.182. The molecule has 0 aliphatic carbocycles. The van der Waals surface area contributed by atoms with Crippen molar-refractivity contribution in [1.29, 1.82) is 0 Å². The van der Waals surface area contributed by atoms with Gasteiger partial charge in [0, 0.05) is 11.1 Å². The number of benzene rings is 2. The maximum atomic E-state index is 11.1. The summed E-state index contributed by atoms with van der Waals surface area (Å²) in [6.45, 7) is 5.63. The van der Waals surface area contributed by atoms with Crippen molar-refractivity contribution in [3.63, 3.8) is 0 Å². The molecule has 0 heterocycles. The zero-order valence-electron chi connectivity index (χ0n) is 15.7. The number of Topliss-reactive ketones (excluding diaryl/α,β-unsaturated/α-hetero) is 2. The van der Waals surface area contributed by atoms with Gasteiger partial charge in [-0.3, -0.25) is 9.59 Å². The zero-order chi connectivity index (χ0) is 19.7. The van der Waals surface area contributed by atoms with Gasteiger partial charge in [0.05, 0.1) is 0 Å². The molecule has 2 aromatic carbocycles. The van der Waals surface area contributed by atoms with Crippen LogP contribution in [-0.4, -0.2) is 11.6 Å². The topological polar surface area (TPSA) is 80.3 Å². The van der Waals surface area contributed by atoms with E-state index in [1.54, 1.807) is 48.5 Å². The molecule has 0 amide bonds. The Morgan fingerprint density at radius 2 is 0.852 bits per heavy atom. The van der Waals surface area contributed by atoms with Crippen molar-refractivity contribution in [2.45, 2.75) is 27.7 Å². The third kappa shape index (κ3) is 7.63. The molecule has 0 saturated carbocycles. The van der Waals surface area contributed by atoms with E-state index in [0.29, 0.717) is 11.1 Å². The minimum Gasteiger partial charge on any atom is -0.875 e. The number of carbonyl (C=O) groups excluding carboxylic acids is 2. The molecule has 5 heteroatoms. The molecule has 0 spiro atoms. The summed E-state index contributed by atoms with van der Waals surface area (Å²) in [4.78, 5) is 22.3. The second kappa shape index (κ2) is 11.9. The number of hydrogen-bond acceptors (Lipinski definition) is 4. The molecule has 0 N–H and O–H groups in total. The van der Waals surface area contributed by atoms with E-state index < -0.39 is 0 Å². The summed E-state index contributed by atoms with van der Waals surface area (Å²) in [6.07, 6.45) is 0. The van der Waals surface area contributed by atoms with E-state index in [4.69, 9.17) is 0 Å². The molecule has 0 radical (unpaired) electrons. The molecule has 0 saturated heterocycles. The van der Waals surface area contributed by atoms with Crippen molar-refractivity contribution in [3.8, 4) is 0 Å². The van der Waals surface area contributed by atoms with E-state index in [2.05, 4.69) is 0 Å². The molecule has 2 rings (SSSR count). The van der Waals surface area contributed by atoms with Crippen molar-refractivity contribution < 1.29 is 36.3 Å². The number of allylic oxidation sites excluding steroid dienone is 4. The summed E-state index contributed by atoms with van der Waals surface area (Å²) in [6, 6.07) is 18.0. The largest absolute Gasteiger partial charge is 2.00 e. The fourth-order valence-electron chi connectivity index (χ4n) is 2.52. The summed E-state index contributed by atoms with van der Waals surface area (Å²) in [7, 11) is 0. The molecular formula is C22H22NiO4. The van der Waals surface area contributed by atoms with Crippen LogP contribution < -0.4 is 10.2 Å². The van der Waals surface area contributed by atoms with Crippen LogP contribution in [0.15, 0.2) is 72.2 Å². The third-order valence-electron chi connectivity index (χ3n) is 3.53. The Morgan fingerprint density at radius 1 is 0.593 bits per heavy atom. The summed E-state index contributed by atoms with van der Waals surface area (Å²) < 4.78 is 0. The number of carbonyl (C=O) groups is 2. The Bertz CT molecular complexity index is 742. The van der Waals surface area contributed by atoms with Crippen LogP contribution in [-0.2, 0) is 26.1 Å². The Hall–Kier alpha value is -2.65. The molecule has 27 heavy (non-hydrogen) atoms. The second-order valence-corrected chi connectivity index (χ2v) is 5.71. The van der Waals surface area contributed by atoms with E-state index in [1.807, 2.05) is 12.1 Å². The van der Waals surface area contributed by atoms with Gasteiger partial charge in [-0.15, -0.1) is 11.5 Å². The Balaban J connectivity index is 0.000000483. The first-order chi connectivity index (χ1) is 12.3. The normalized spacial score (nSPS) is 11.7. The maximum Gasteiger partial charge on any atom is 2.00 e. The maximum absolute atomic E-state index is 11.1. The number of hydrogen-bond donors (Lipinski definition) is 0. The van der Waals surface area contributed by atoms with Crippen molar-refractivity contribution >= 4 is 22.7 Å². The van der Waals surface area contributed by atoms with Gasteiger partial charge in [-0.1, -0.05) is 74.5 Å². The van der Waals surface area contributed by atoms with Gasteiger partial charge in [0.1, 0.15) is 0 Å². The average Bonchev–Trinajstić information content (AvgIpc) is 2.56. The van der Waals surface area contributed by atoms with E-state index in [-0.39, 0.29) is 50.7 Å². The molecule has 0 aliphatic rings. The summed E-state index contributed by atoms with van der Waals surface area (Å²) >= 11 is 0. The Labute approximate surface area is 170 Å². The third-order valence-corrected chi connectivity index (χ3v) is 3.53. The molecule has 0 aromatic heterocycles. The minimum absolute atomic E-state index is 0. The van der Waals surface area contributed by atoms with Gasteiger partial charge < -0.3 is 10.2 Å². The van der Waals surface area contributed by atoms with Crippen LogP contribution in [0.5, 0.6) is 0 Å². The Morgan fingerprint density at radius 3 is 1.04 bits per heavy atom. The van der Waals surface area contributed by atoms with Gasteiger partial charge in [0.2, 0.25) is 0 Å². The van der Waals surface area contributed by atoms with Crippen molar-refractivity contribution in [1.82, 2.24) is 0 Å². The number of rotatable bonds is 4. The quantitative estimate of drug-likeness (QED) is 0.442. The molecule has 144 valence electrons. The number of ketones is 2. The average molecular weight is 409 g/mol. The van der Waals surface area contributed by atoms with Crippen molar-refractivity contribution in [2.75, 3.05) is 0 Å². The molecule has 2 aromatic rings. The van der Waals surface area contributed by atoms with Crippen LogP contribution >= 0.6 is 0 Å². The van der Waals surface area contributed by atoms with Gasteiger partial charge in [-0.25, -0.2) is 0 Å². The van der Waals surface area contributed by atoms with Crippen LogP contribution in [0.4, 0.5) is 0 Å². The molecular weight excluding hydrogens is 387 g/mol. The van der Waals surface area contributed by atoms with E-state index in [9.17, 15) is 19.8 Å². The summed E-state index contributed by atoms with van der Waals surface area (Å²) in [5, 5.41) is 22.3. The predicted octanol–water partition coefficient (Wildman–Crippen LogP) is 2.73. The fourth-order valence-corrected chi connectivity index (χ4v) is 2.52. The monoisotopic (exact) mass is 408 g/mol. The van der Waals surface area contributed by atoms with E-state index >= 15 is 0 Å².